The van der Waals surface area contributed by atoms with Crippen molar-refractivity contribution in [3.05, 3.63) is 23.8 Å². The van der Waals surface area contributed by atoms with Gasteiger partial charge >= 0.3 is 0 Å². The molecule has 2 heterocycles. The van der Waals surface area contributed by atoms with E-state index in [1.165, 1.54) is 44.2 Å². The lowest BCUT2D eigenvalue weighted by molar-refractivity contribution is 0.216. The van der Waals surface area contributed by atoms with E-state index in [0.29, 0.717) is 6.04 Å². The largest absolute Gasteiger partial charge is 0.354 e. The molecule has 0 unspecified atom stereocenters. The van der Waals surface area contributed by atoms with Gasteiger partial charge in [-0.15, -0.1) is 0 Å². The molecule has 5 nitrogen and oxygen atoms in total. The second kappa shape index (κ2) is 7.34. The van der Waals surface area contributed by atoms with Gasteiger partial charge < -0.3 is 15.2 Å². The Balaban J connectivity index is 1.30. The molecule has 1 aromatic carbocycles. The second-order valence-electron chi connectivity index (χ2n) is 7.90. The van der Waals surface area contributed by atoms with Gasteiger partial charge in [0, 0.05) is 32.2 Å². The standard InChI is InChI=1S/C20H30N4O/c1-15-2-7-19-18(14-15)20(22-25-19)24-12-10-23(11-13-24)9-8-16-3-5-17(21)6-4-16/h2,7,14,16-17H,3-6,8-13,21H2,1H3. The number of aromatic nitrogens is 1. The van der Waals surface area contributed by atoms with Gasteiger partial charge in [0.1, 0.15) is 0 Å². The van der Waals surface area contributed by atoms with Gasteiger partial charge in [-0.3, -0.25) is 4.90 Å². The molecule has 2 aliphatic rings. The lowest BCUT2D eigenvalue weighted by atomic mass is 9.84. The van der Waals surface area contributed by atoms with Crippen molar-refractivity contribution in [2.75, 3.05) is 37.6 Å². The molecule has 0 spiro atoms. The minimum Gasteiger partial charge on any atom is -0.354 e. The highest BCUT2D eigenvalue weighted by atomic mass is 16.5. The van der Waals surface area contributed by atoms with Crippen molar-refractivity contribution in [2.24, 2.45) is 11.7 Å². The molecule has 25 heavy (non-hydrogen) atoms. The third-order valence-electron chi connectivity index (χ3n) is 6.02. The van der Waals surface area contributed by atoms with Gasteiger partial charge in [0.05, 0.1) is 5.39 Å². The SMILES string of the molecule is Cc1ccc2onc(N3CCN(CCC4CCC(N)CC4)CC3)c2c1. The van der Waals surface area contributed by atoms with Gasteiger partial charge in [-0.2, -0.15) is 0 Å². The highest BCUT2D eigenvalue weighted by molar-refractivity contribution is 5.89. The van der Waals surface area contributed by atoms with E-state index in [1.807, 2.05) is 6.07 Å². The van der Waals surface area contributed by atoms with E-state index in [-0.39, 0.29) is 0 Å². The minimum atomic E-state index is 0.459. The predicted molar refractivity (Wildman–Crippen MR) is 102 cm³/mol. The Bertz CT molecular complexity index is 697. The van der Waals surface area contributed by atoms with E-state index < -0.39 is 0 Å². The number of nitrogens with two attached hydrogens (primary N) is 1. The van der Waals surface area contributed by atoms with Crippen molar-refractivity contribution in [3.63, 3.8) is 0 Å². The molecule has 0 atom stereocenters. The number of fused-ring (bicyclic) bond motifs is 1. The van der Waals surface area contributed by atoms with E-state index >= 15 is 0 Å². The van der Waals surface area contributed by atoms with E-state index in [2.05, 4.69) is 34.0 Å². The molecular formula is C20H30N4O. The fourth-order valence-corrected chi connectivity index (χ4v) is 4.29. The van der Waals surface area contributed by atoms with Crippen LogP contribution in [0.1, 0.15) is 37.7 Å². The number of aryl methyl sites for hydroxylation is 1. The average Bonchev–Trinajstić information content (AvgIpc) is 3.05. The summed E-state index contributed by atoms with van der Waals surface area (Å²) in [7, 11) is 0. The third-order valence-corrected chi connectivity index (χ3v) is 6.02. The van der Waals surface area contributed by atoms with Gasteiger partial charge in [-0.25, -0.2) is 0 Å². The first-order chi connectivity index (χ1) is 12.2. The zero-order valence-corrected chi connectivity index (χ0v) is 15.3. The van der Waals surface area contributed by atoms with Crippen LogP contribution in [0.5, 0.6) is 0 Å². The number of anilines is 1. The van der Waals surface area contributed by atoms with Crippen LogP contribution in [-0.2, 0) is 0 Å². The summed E-state index contributed by atoms with van der Waals surface area (Å²) in [4.78, 5) is 4.99. The quantitative estimate of drug-likeness (QED) is 0.925. The first-order valence-corrected chi connectivity index (χ1v) is 9.78. The number of rotatable bonds is 4. The topological polar surface area (TPSA) is 58.5 Å². The van der Waals surface area contributed by atoms with Crippen molar-refractivity contribution < 1.29 is 4.52 Å². The van der Waals surface area contributed by atoms with Crippen LogP contribution in [0, 0.1) is 12.8 Å². The van der Waals surface area contributed by atoms with E-state index in [1.54, 1.807) is 0 Å². The number of piperazine rings is 1. The van der Waals surface area contributed by atoms with Gasteiger partial charge in [-0.1, -0.05) is 16.8 Å². The van der Waals surface area contributed by atoms with Crippen molar-refractivity contribution in [1.29, 1.82) is 0 Å². The molecule has 0 bridgehead atoms. The van der Waals surface area contributed by atoms with Gasteiger partial charge in [-0.05, 0) is 63.6 Å². The number of hydrogen-bond donors (Lipinski definition) is 1. The molecule has 1 saturated carbocycles. The normalized spacial score (nSPS) is 25.6. The van der Waals surface area contributed by atoms with Crippen LogP contribution in [0.4, 0.5) is 5.82 Å². The maximum Gasteiger partial charge on any atom is 0.180 e. The fourth-order valence-electron chi connectivity index (χ4n) is 4.29. The fraction of sp³-hybridized carbons (Fsp3) is 0.650. The molecule has 2 N–H and O–H groups in total. The van der Waals surface area contributed by atoms with Crippen LogP contribution >= 0.6 is 0 Å². The molecule has 0 radical (unpaired) electrons. The van der Waals surface area contributed by atoms with Crippen LogP contribution in [0.3, 0.4) is 0 Å². The maximum absolute atomic E-state index is 6.02. The summed E-state index contributed by atoms with van der Waals surface area (Å²) in [5.41, 5.74) is 8.16. The van der Waals surface area contributed by atoms with E-state index in [0.717, 1.165) is 48.9 Å². The Morgan fingerprint density at radius 1 is 1.12 bits per heavy atom. The Kier molecular flexibility index (Phi) is 4.95. The van der Waals surface area contributed by atoms with Crippen LogP contribution in [-0.4, -0.2) is 48.8 Å². The molecule has 136 valence electrons. The summed E-state index contributed by atoms with van der Waals surface area (Å²) in [5.74, 6) is 1.90. The molecule has 1 saturated heterocycles. The van der Waals surface area contributed by atoms with Crippen molar-refractivity contribution in [1.82, 2.24) is 10.1 Å². The molecule has 5 heteroatoms. The number of hydrogen-bond acceptors (Lipinski definition) is 5. The zero-order valence-electron chi connectivity index (χ0n) is 15.3. The van der Waals surface area contributed by atoms with Crippen LogP contribution in [0.25, 0.3) is 11.0 Å². The smallest absolute Gasteiger partial charge is 0.180 e. The highest BCUT2D eigenvalue weighted by Gasteiger charge is 2.23. The van der Waals surface area contributed by atoms with Crippen molar-refractivity contribution >= 4 is 16.8 Å². The van der Waals surface area contributed by atoms with Gasteiger partial charge in [0.2, 0.25) is 0 Å². The van der Waals surface area contributed by atoms with Crippen LogP contribution in [0.15, 0.2) is 22.7 Å². The highest BCUT2D eigenvalue weighted by Crippen LogP contribution is 2.29. The van der Waals surface area contributed by atoms with E-state index in [4.69, 9.17) is 10.3 Å². The lowest BCUT2D eigenvalue weighted by Gasteiger charge is -2.36. The first-order valence-electron chi connectivity index (χ1n) is 9.78. The molecule has 1 aliphatic carbocycles. The summed E-state index contributed by atoms with van der Waals surface area (Å²) in [6, 6.07) is 6.74. The second-order valence-corrected chi connectivity index (χ2v) is 7.90. The monoisotopic (exact) mass is 342 g/mol. The third kappa shape index (κ3) is 3.82. The minimum absolute atomic E-state index is 0.459. The number of nitrogens with zero attached hydrogens (tertiary/aromatic N) is 3. The van der Waals surface area contributed by atoms with E-state index in [9.17, 15) is 0 Å². The molecule has 4 rings (SSSR count). The first kappa shape index (κ1) is 16.9. The summed E-state index contributed by atoms with van der Waals surface area (Å²) in [6.07, 6.45) is 6.42. The Morgan fingerprint density at radius 2 is 1.88 bits per heavy atom. The Morgan fingerprint density at radius 3 is 2.64 bits per heavy atom. The zero-order chi connectivity index (χ0) is 17.2. The molecule has 1 aromatic heterocycles. The maximum atomic E-state index is 6.02. The number of benzene rings is 1. The summed E-state index contributed by atoms with van der Waals surface area (Å²) in [6.45, 7) is 7.65. The van der Waals surface area contributed by atoms with Gasteiger partial charge in [0.15, 0.2) is 11.4 Å². The van der Waals surface area contributed by atoms with Crippen LogP contribution < -0.4 is 10.6 Å². The molecule has 2 fully saturated rings. The average molecular weight is 342 g/mol. The summed E-state index contributed by atoms with van der Waals surface area (Å²) < 4.78 is 5.50. The van der Waals surface area contributed by atoms with Crippen molar-refractivity contribution in [3.8, 4) is 0 Å². The summed E-state index contributed by atoms with van der Waals surface area (Å²) >= 11 is 0. The van der Waals surface area contributed by atoms with Crippen molar-refractivity contribution in [2.45, 2.75) is 45.1 Å². The van der Waals surface area contributed by atoms with Gasteiger partial charge in [0.25, 0.3) is 0 Å². The molecular weight excluding hydrogens is 312 g/mol. The van der Waals surface area contributed by atoms with Crippen LogP contribution in [0.2, 0.25) is 0 Å². The Labute approximate surface area is 150 Å². The Hall–Kier alpha value is -1.59. The lowest BCUT2D eigenvalue weighted by Crippen LogP contribution is -2.47. The molecule has 0 amide bonds. The predicted octanol–water partition coefficient (Wildman–Crippen LogP) is 3.17. The summed E-state index contributed by atoms with van der Waals surface area (Å²) in [5, 5.41) is 5.48. The molecule has 2 aromatic rings. The molecule has 1 aliphatic heterocycles.